The van der Waals surface area contributed by atoms with Crippen molar-refractivity contribution in [1.82, 2.24) is 0 Å². The van der Waals surface area contributed by atoms with Crippen LogP contribution >= 0.6 is 0 Å². The van der Waals surface area contributed by atoms with Crippen LogP contribution in [-0.2, 0) is 9.47 Å². The summed E-state index contributed by atoms with van der Waals surface area (Å²) in [4.78, 5) is 0. The van der Waals surface area contributed by atoms with E-state index in [2.05, 4.69) is 0 Å². The number of hydrogen-bond acceptors (Lipinski definition) is 7. The number of aliphatic hydroxyl groups is 3. The SMILES string of the molecule is NC[C@H]1O[C@H](O[C@H]2CCCC[C@@H]2N)[C@H](O)[C@@H](O)[C@@H]1O. The van der Waals surface area contributed by atoms with Crippen molar-refractivity contribution >= 4 is 0 Å². The van der Waals surface area contributed by atoms with Crippen molar-refractivity contribution in [3.8, 4) is 0 Å². The second-order valence-electron chi connectivity index (χ2n) is 5.37. The summed E-state index contributed by atoms with van der Waals surface area (Å²) in [6, 6.07) is -0.0927. The molecule has 7 N–H and O–H groups in total. The average Bonchev–Trinajstić information content (AvgIpc) is 2.41. The van der Waals surface area contributed by atoms with Gasteiger partial charge in [-0.05, 0) is 12.8 Å². The van der Waals surface area contributed by atoms with E-state index in [0.29, 0.717) is 0 Å². The predicted octanol–water partition coefficient (Wildman–Crippen LogP) is -1.96. The van der Waals surface area contributed by atoms with Gasteiger partial charge in [0.1, 0.15) is 24.4 Å². The highest BCUT2D eigenvalue weighted by molar-refractivity contribution is 4.90. The highest BCUT2D eigenvalue weighted by Crippen LogP contribution is 2.27. The van der Waals surface area contributed by atoms with Crippen LogP contribution in [-0.4, -0.2) is 64.7 Å². The first kappa shape index (κ1) is 15.1. The molecule has 0 bridgehead atoms. The van der Waals surface area contributed by atoms with Crippen molar-refractivity contribution in [2.24, 2.45) is 11.5 Å². The van der Waals surface area contributed by atoms with E-state index in [1.807, 2.05) is 0 Å². The standard InChI is InChI=1S/C12H24N2O5/c13-5-8-9(15)10(16)11(17)12(19-8)18-7-4-2-1-3-6(7)14/h6-12,15-17H,1-5,13-14H2/t6-,7-,8+,9+,10-,11+,12-/m0/s1. The summed E-state index contributed by atoms with van der Waals surface area (Å²) >= 11 is 0. The minimum Gasteiger partial charge on any atom is -0.388 e. The van der Waals surface area contributed by atoms with Crippen LogP contribution in [0.15, 0.2) is 0 Å². The third kappa shape index (κ3) is 3.25. The van der Waals surface area contributed by atoms with E-state index in [-0.39, 0.29) is 18.7 Å². The van der Waals surface area contributed by atoms with Gasteiger partial charge in [-0.25, -0.2) is 0 Å². The molecular formula is C12H24N2O5. The van der Waals surface area contributed by atoms with Crippen LogP contribution in [0.1, 0.15) is 25.7 Å². The summed E-state index contributed by atoms with van der Waals surface area (Å²) in [6.07, 6.45) is -2.01. The number of rotatable bonds is 3. The van der Waals surface area contributed by atoms with Crippen molar-refractivity contribution in [3.05, 3.63) is 0 Å². The van der Waals surface area contributed by atoms with Gasteiger partial charge in [-0.3, -0.25) is 0 Å². The fourth-order valence-electron chi connectivity index (χ4n) is 2.69. The third-order valence-corrected chi connectivity index (χ3v) is 3.96. The van der Waals surface area contributed by atoms with Crippen molar-refractivity contribution in [2.45, 2.75) is 68.5 Å². The zero-order chi connectivity index (χ0) is 14.0. The highest BCUT2D eigenvalue weighted by Gasteiger charge is 2.45. The van der Waals surface area contributed by atoms with Gasteiger partial charge in [-0.15, -0.1) is 0 Å². The summed E-state index contributed by atoms with van der Waals surface area (Å²) in [7, 11) is 0. The molecule has 0 aromatic heterocycles. The van der Waals surface area contributed by atoms with Crippen LogP contribution in [0.2, 0.25) is 0 Å². The summed E-state index contributed by atoms with van der Waals surface area (Å²) in [5.74, 6) is 0. The molecule has 1 heterocycles. The summed E-state index contributed by atoms with van der Waals surface area (Å²) < 4.78 is 11.1. The van der Waals surface area contributed by atoms with E-state index in [4.69, 9.17) is 20.9 Å². The van der Waals surface area contributed by atoms with E-state index in [0.717, 1.165) is 25.7 Å². The van der Waals surface area contributed by atoms with Crippen LogP contribution in [0.3, 0.4) is 0 Å². The zero-order valence-corrected chi connectivity index (χ0v) is 10.9. The average molecular weight is 276 g/mol. The molecule has 2 aliphatic rings. The Labute approximate surface area is 112 Å². The fraction of sp³-hybridized carbons (Fsp3) is 1.00. The Balaban J connectivity index is 1.98. The van der Waals surface area contributed by atoms with E-state index >= 15 is 0 Å². The minimum absolute atomic E-state index is 0.0432. The van der Waals surface area contributed by atoms with Gasteiger partial charge in [-0.2, -0.15) is 0 Å². The fourth-order valence-corrected chi connectivity index (χ4v) is 2.69. The Morgan fingerprint density at radius 1 is 1.05 bits per heavy atom. The maximum Gasteiger partial charge on any atom is 0.186 e. The quantitative estimate of drug-likeness (QED) is 0.404. The second-order valence-corrected chi connectivity index (χ2v) is 5.37. The molecule has 7 atom stereocenters. The molecule has 112 valence electrons. The first-order valence-electron chi connectivity index (χ1n) is 6.85. The Hall–Kier alpha value is -0.280. The van der Waals surface area contributed by atoms with Gasteiger partial charge in [0.15, 0.2) is 6.29 Å². The van der Waals surface area contributed by atoms with Gasteiger partial charge in [0.05, 0.1) is 6.10 Å². The molecule has 1 saturated heterocycles. The normalized spacial score (nSPS) is 48.2. The largest absolute Gasteiger partial charge is 0.388 e. The lowest BCUT2D eigenvalue weighted by molar-refractivity contribution is -0.308. The molecule has 7 heteroatoms. The number of hydrogen-bond donors (Lipinski definition) is 5. The Kier molecular flexibility index (Phi) is 5.13. The van der Waals surface area contributed by atoms with Crippen LogP contribution in [0, 0.1) is 0 Å². The molecule has 0 aromatic rings. The molecule has 1 aliphatic heterocycles. The molecule has 2 rings (SSSR count). The summed E-state index contributed by atoms with van der Waals surface area (Å²) in [6.45, 7) is 0.0432. The topological polar surface area (TPSA) is 131 Å². The molecular weight excluding hydrogens is 252 g/mol. The Morgan fingerprint density at radius 2 is 1.74 bits per heavy atom. The van der Waals surface area contributed by atoms with Crippen molar-refractivity contribution in [1.29, 1.82) is 0 Å². The lowest BCUT2D eigenvalue weighted by Gasteiger charge is -2.42. The maximum absolute atomic E-state index is 9.90. The van der Waals surface area contributed by atoms with E-state index in [1.54, 1.807) is 0 Å². The number of nitrogens with two attached hydrogens (primary N) is 2. The molecule has 1 aliphatic carbocycles. The maximum atomic E-state index is 9.90. The van der Waals surface area contributed by atoms with Crippen LogP contribution in [0.4, 0.5) is 0 Å². The number of aliphatic hydroxyl groups excluding tert-OH is 3. The van der Waals surface area contributed by atoms with Crippen molar-refractivity contribution in [3.63, 3.8) is 0 Å². The Bertz CT molecular complexity index is 291. The molecule has 19 heavy (non-hydrogen) atoms. The molecule has 0 radical (unpaired) electrons. The van der Waals surface area contributed by atoms with Crippen molar-refractivity contribution in [2.75, 3.05) is 6.54 Å². The van der Waals surface area contributed by atoms with Crippen molar-refractivity contribution < 1.29 is 24.8 Å². The molecule has 0 amide bonds. The molecule has 0 spiro atoms. The van der Waals surface area contributed by atoms with E-state index in [1.165, 1.54) is 0 Å². The molecule has 0 aromatic carbocycles. The molecule has 1 saturated carbocycles. The van der Waals surface area contributed by atoms with E-state index in [9.17, 15) is 15.3 Å². The molecule has 2 fully saturated rings. The van der Waals surface area contributed by atoms with Gasteiger partial charge >= 0.3 is 0 Å². The minimum atomic E-state index is -1.33. The first-order valence-corrected chi connectivity index (χ1v) is 6.85. The first-order chi connectivity index (χ1) is 9.04. The van der Waals surface area contributed by atoms with Crippen LogP contribution in [0.5, 0.6) is 0 Å². The van der Waals surface area contributed by atoms with Gasteiger partial charge in [0.25, 0.3) is 0 Å². The van der Waals surface area contributed by atoms with Gasteiger partial charge in [0, 0.05) is 12.6 Å². The molecule has 0 unspecified atom stereocenters. The lowest BCUT2D eigenvalue weighted by Crippen LogP contribution is -2.61. The van der Waals surface area contributed by atoms with Gasteiger partial charge in [-0.1, -0.05) is 12.8 Å². The summed E-state index contributed by atoms with van der Waals surface area (Å²) in [5.41, 5.74) is 11.4. The predicted molar refractivity (Wildman–Crippen MR) is 67.1 cm³/mol. The second kappa shape index (κ2) is 6.45. The monoisotopic (exact) mass is 276 g/mol. The smallest absolute Gasteiger partial charge is 0.186 e. The number of ether oxygens (including phenoxy) is 2. The lowest BCUT2D eigenvalue weighted by atomic mass is 9.93. The van der Waals surface area contributed by atoms with Gasteiger partial charge < -0.3 is 36.3 Å². The van der Waals surface area contributed by atoms with E-state index < -0.39 is 30.7 Å². The Morgan fingerprint density at radius 3 is 2.37 bits per heavy atom. The zero-order valence-electron chi connectivity index (χ0n) is 10.9. The van der Waals surface area contributed by atoms with Crippen LogP contribution in [0.25, 0.3) is 0 Å². The summed E-state index contributed by atoms with van der Waals surface area (Å²) in [5, 5.41) is 29.4. The highest BCUT2D eigenvalue weighted by atomic mass is 16.7. The van der Waals surface area contributed by atoms with Gasteiger partial charge in [0.2, 0.25) is 0 Å². The third-order valence-electron chi connectivity index (χ3n) is 3.96. The van der Waals surface area contributed by atoms with Crippen LogP contribution < -0.4 is 11.5 Å². The molecule has 7 nitrogen and oxygen atoms in total.